The molecule has 0 aliphatic heterocycles. The number of nitrogens with two attached hydrogens (primary N) is 1. The predicted octanol–water partition coefficient (Wildman–Crippen LogP) is 3.77. The molecular formula is C14H12BrF2NO. The molecule has 0 atom stereocenters. The first-order valence-corrected chi connectivity index (χ1v) is 6.44. The number of benzene rings is 2. The minimum atomic E-state index is -0.615. The second-order valence-corrected chi connectivity index (χ2v) is 4.84. The molecule has 2 aromatic carbocycles. The summed E-state index contributed by atoms with van der Waals surface area (Å²) in [5.41, 5.74) is 6.78. The molecule has 0 bridgehead atoms. The molecular weight excluding hydrogens is 316 g/mol. The van der Waals surface area contributed by atoms with Crippen molar-refractivity contribution in [2.24, 2.45) is 5.73 Å². The lowest BCUT2D eigenvalue weighted by atomic mass is 10.2. The second-order valence-electron chi connectivity index (χ2n) is 3.98. The molecule has 0 fully saturated rings. The van der Waals surface area contributed by atoms with Crippen molar-refractivity contribution in [3.8, 4) is 5.75 Å². The van der Waals surface area contributed by atoms with Crippen LogP contribution in [0.2, 0.25) is 0 Å². The zero-order valence-corrected chi connectivity index (χ0v) is 11.6. The molecule has 0 spiro atoms. The van der Waals surface area contributed by atoms with Crippen molar-refractivity contribution in [2.45, 2.75) is 13.2 Å². The molecule has 0 aliphatic carbocycles. The first-order valence-electron chi connectivity index (χ1n) is 5.65. The van der Waals surface area contributed by atoms with Crippen LogP contribution in [0.5, 0.6) is 5.75 Å². The summed E-state index contributed by atoms with van der Waals surface area (Å²) in [4.78, 5) is 0. The maximum Gasteiger partial charge on any atom is 0.132 e. The van der Waals surface area contributed by atoms with Crippen molar-refractivity contribution in [3.63, 3.8) is 0 Å². The Bertz CT molecular complexity index is 590. The van der Waals surface area contributed by atoms with Gasteiger partial charge < -0.3 is 10.5 Å². The van der Waals surface area contributed by atoms with E-state index in [0.717, 1.165) is 16.1 Å². The van der Waals surface area contributed by atoms with Crippen LogP contribution >= 0.6 is 15.9 Å². The quantitative estimate of drug-likeness (QED) is 0.927. The van der Waals surface area contributed by atoms with E-state index in [9.17, 15) is 8.78 Å². The molecule has 0 aliphatic rings. The minimum absolute atomic E-state index is 0.0394. The molecule has 0 amide bonds. The summed E-state index contributed by atoms with van der Waals surface area (Å²) in [6, 6.07) is 8.77. The van der Waals surface area contributed by atoms with Gasteiger partial charge in [-0.25, -0.2) is 8.78 Å². The van der Waals surface area contributed by atoms with E-state index in [0.29, 0.717) is 17.9 Å². The molecule has 2 nitrogen and oxygen atoms in total. The topological polar surface area (TPSA) is 35.2 Å². The normalized spacial score (nSPS) is 10.5. The number of halogens is 3. The number of hydrogen-bond donors (Lipinski definition) is 1. The molecule has 100 valence electrons. The van der Waals surface area contributed by atoms with Crippen LogP contribution in [0, 0.1) is 11.6 Å². The summed E-state index contributed by atoms with van der Waals surface area (Å²) < 4.78 is 32.5. The molecule has 0 saturated carbocycles. The van der Waals surface area contributed by atoms with Gasteiger partial charge in [0, 0.05) is 22.6 Å². The van der Waals surface area contributed by atoms with Gasteiger partial charge in [0.1, 0.15) is 24.0 Å². The largest absolute Gasteiger partial charge is 0.489 e. The Hall–Kier alpha value is -1.46. The van der Waals surface area contributed by atoms with Gasteiger partial charge in [-0.15, -0.1) is 0 Å². The van der Waals surface area contributed by atoms with Gasteiger partial charge in [-0.05, 0) is 35.9 Å². The monoisotopic (exact) mass is 327 g/mol. The SMILES string of the molecule is NCc1cc(OCc2ccc(F)cc2F)ccc1Br. The first-order chi connectivity index (χ1) is 9.10. The minimum Gasteiger partial charge on any atom is -0.489 e. The highest BCUT2D eigenvalue weighted by molar-refractivity contribution is 9.10. The Morgan fingerprint density at radius 3 is 2.53 bits per heavy atom. The Balaban J connectivity index is 2.10. The zero-order valence-electron chi connectivity index (χ0n) is 10.00. The van der Waals surface area contributed by atoms with E-state index >= 15 is 0 Å². The summed E-state index contributed by atoms with van der Waals surface area (Å²) in [5, 5.41) is 0. The van der Waals surface area contributed by atoms with Crippen LogP contribution in [0.3, 0.4) is 0 Å². The highest BCUT2D eigenvalue weighted by Gasteiger charge is 2.06. The third-order valence-corrected chi connectivity index (χ3v) is 3.42. The molecule has 5 heteroatoms. The van der Waals surface area contributed by atoms with Crippen molar-refractivity contribution in [2.75, 3.05) is 0 Å². The van der Waals surface area contributed by atoms with Crippen LogP contribution in [0.15, 0.2) is 40.9 Å². The summed E-state index contributed by atoms with van der Waals surface area (Å²) in [7, 11) is 0. The third kappa shape index (κ3) is 3.52. The van der Waals surface area contributed by atoms with Gasteiger partial charge in [0.25, 0.3) is 0 Å². The van der Waals surface area contributed by atoms with Gasteiger partial charge >= 0.3 is 0 Å². The molecule has 2 rings (SSSR count). The second kappa shape index (κ2) is 6.12. The highest BCUT2D eigenvalue weighted by atomic mass is 79.9. The van der Waals surface area contributed by atoms with E-state index in [2.05, 4.69) is 15.9 Å². The fraction of sp³-hybridized carbons (Fsp3) is 0.143. The smallest absolute Gasteiger partial charge is 0.132 e. The molecule has 2 N–H and O–H groups in total. The van der Waals surface area contributed by atoms with Crippen molar-refractivity contribution >= 4 is 15.9 Å². The predicted molar refractivity (Wildman–Crippen MR) is 72.7 cm³/mol. The summed E-state index contributed by atoms with van der Waals surface area (Å²) in [6.07, 6.45) is 0. The average Bonchev–Trinajstić information content (AvgIpc) is 2.39. The molecule has 2 aromatic rings. The lowest BCUT2D eigenvalue weighted by Crippen LogP contribution is -2.01. The molecule has 19 heavy (non-hydrogen) atoms. The van der Waals surface area contributed by atoms with Crippen LogP contribution in [0.1, 0.15) is 11.1 Å². The zero-order chi connectivity index (χ0) is 13.8. The van der Waals surface area contributed by atoms with Crippen molar-refractivity contribution in [1.29, 1.82) is 0 Å². The Labute approximate surface area is 118 Å². The van der Waals surface area contributed by atoms with E-state index < -0.39 is 11.6 Å². The fourth-order valence-corrected chi connectivity index (χ4v) is 2.01. The van der Waals surface area contributed by atoms with Crippen LogP contribution in [0.4, 0.5) is 8.78 Å². The van der Waals surface area contributed by atoms with E-state index in [1.807, 2.05) is 6.07 Å². The highest BCUT2D eigenvalue weighted by Crippen LogP contribution is 2.23. The maximum absolute atomic E-state index is 13.4. The summed E-state index contributed by atoms with van der Waals surface area (Å²) in [6.45, 7) is 0.417. The van der Waals surface area contributed by atoms with E-state index in [1.165, 1.54) is 12.1 Å². The summed E-state index contributed by atoms with van der Waals surface area (Å²) in [5.74, 6) is -0.626. The van der Waals surface area contributed by atoms with Crippen molar-refractivity contribution in [3.05, 3.63) is 63.6 Å². The van der Waals surface area contributed by atoms with Gasteiger partial charge in [-0.1, -0.05) is 15.9 Å². The van der Waals surface area contributed by atoms with Crippen LogP contribution < -0.4 is 10.5 Å². The fourth-order valence-electron chi connectivity index (χ4n) is 1.60. The van der Waals surface area contributed by atoms with Gasteiger partial charge in [0.15, 0.2) is 0 Å². The van der Waals surface area contributed by atoms with Crippen molar-refractivity contribution in [1.82, 2.24) is 0 Å². The van der Waals surface area contributed by atoms with E-state index in [4.69, 9.17) is 10.5 Å². The third-order valence-electron chi connectivity index (χ3n) is 2.65. The van der Waals surface area contributed by atoms with Crippen LogP contribution in [-0.4, -0.2) is 0 Å². The molecule has 0 aromatic heterocycles. The first kappa shape index (κ1) is 14.0. The Morgan fingerprint density at radius 1 is 1.05 bits per heavy atom. The van der Waals surface area contributed by atoms with Gasteiger partial charge in [-0.3, -0.25) is 0 Å². The number of ether oxygens (including phenoxy) is 1. The Morgan fingerprint density at radius 2 is 1.84 bits per heavy atom. The Kier molecular flexibility index (Phi) is 4.50. The molecule has 0 unspecified atom stereocenters. The van der Waals surface area contributed by atoms with Crippen molar-refractivity contribution < 1.29 is 13.5 Å². The van der Waals surface area contributed by atoms with Gasteiger partial charge in [0.2, 0.25) is 0 Å². The van der Waals surface area contributed by atoms with Crippen LogP contribution in [-0.2, 0) is 13.2 Å². The lowest BCUT2D eigenvalue weighted by molar-refractivity contribution is 0.299. The van der Waals surface area contributed by atoms with Crippen LogP contribution in [0.25, 0.3) is 0 Å². The van der Waals surface area contributed by atoms with Gasteiger partial charge in [0.05, 0.1) is 0 Å². The number of rotatable bonds is 4. The lowest BCUT2D eigenvalue weighted by Gasteiger charge is -2.09. The molecule has 0 saturated heterocycles. The van der Waals surface area contributed by atoms with Gasteiger partial charge in [-0.2, -0.15) is 0 Å². The molecule has 0 heterocycles. The average molecular weight is 328 g/mol. The maximum atomic E-state index is 13.4. The molecule has 0 radical (unpaired) electrons. The summed E-state index contributed by atoms with van der Waals surface area (Å²) >= 11 is 3.37. The standard InChI is InChI=1S/C14H12BrF2NO/c15-13-4-3-12(5-10(13)7-18)19-8-9-1-2-11(16)6-14(9)17/h1-6H,7-8,18H2. The number of hydrogen-bond acceptors (Lipinski definition) is 2. The van der Waals surface area contributed by atoms with E-state index in [-0.39, 0.29) is 6.61 Å². The van der Waals surface area contributed by atoms with E-state index in [1.54, 1.807) is 12.1 Å².